The summed E-state index contributed by atoms with van der Waals surface area (Å²) >= 11 is 6.03. The zero-order valence-corrected chi connectivity index (χ0v) is 17.8. The van der Waals surface area contributed by atoms with Crippen molar-refractivity contribution in [3.8, 4) is 0 Å². The van der Waals surface area contributed by atoms with Crippen molar-refractivity contribution in [2.75, 3.05) is 0 Å². The van der Waals surface area contributed by atoms with E-state index < -0.39 is 0 Å². The number of benzene rings is 1. The molecule has 154 valence electrons. The first kappa shape index (κ1) is 20.0. The van der Waals surface area contributed by atoms with Gasteiger partial charge in [-0.15, -0.1) is 0 Å². The Morgan fingerprint density at radius 3 is 2.67 bits per heavy atom. The fourth-order valence-electron chi connectivity index (χ4n) is 3.60. The van der Waals surface area contributed by atoms with Gasteiger partial charge in [-0.25, -0.2) is 14.5 Å². The van der Waals surface area contributed by atoms with E-state index in [2.05, 4.69) is 25.4 Å². The summed E-state index contributed by atoms with van der Waals surface area (Å²) < 4.78 is 3.60. The van der Waals surface area contributed by atoms with Gasteiger partial charge in [-0.2, -0.15) is 10.1 Å². The molecule has 0 spiro atoms. The van der Waals surface area contributed by atoms with E-state index in [-0.39, 0.29) is 11.9 Å². The molecule has 0 saturated heterocycles. The van der Waals surface area contributed by atoms with Gasteiger partial charge in [0.25, 0.3) is 5.78 Å². The highest BCUT2D eigenvalue weighted by molar-refractivity contribution is 6.30. The molecule has 0 aliphatic rings. The number of imidazole rings is 1. The van der Waals surface area contributed by atoms with Crippen molar-refractivity contribution in [3.63, 3.8) is 0 Å². The number of nitrogens with zero attached hydrogens (tertiary/aromatic N) is 6. The van der Waals surface area contributed by atoms with Crippen LogP contribution < -0.4 is 5.32 Å². The van der Waals surface area contributed by atoms with Gasteiger partial charge in [-0.3, -0.25) is 4.79 Å². The average Bonchev–Trinajstić information content (AvgIpc) is 3.35. The van der Waals surface area contributed by atoms with Crippen molar-refractivity contribution in [3.05, 3.63) is 76.3 Å². The summed E-state index contributed by atoms with van der Waals surface area (Å²) in [6.45, 7) is 3.90. The lowest BCUT2D eigenvalue weighted by Crippen LogP contribution is -2.31. The van der Waals surface area contributed by atoms with Gasteiger partial charge in [0.05, 0.1) is 0 Å². The maximum absolute atomic E-state index is 12.9. The van der Waals surface area contributed by atoms with Crippen LogP contribution >= 0.6 is 11.6 Å². The SMILES string of the molecule is Cc1nc2ncnn2c(C)c1CCC(=O)NC(c1ccc(Cl)cc1)c1nccn1C. The fraction of sp³-hybridized carbons (Fsp3) is 0.286. The monoisotopic (exact) mass is 423 g/mol. The van der Waals surface area contributed by atoms with Crippen LogP contribution in [0.3, 0.4) is 0 Å². The van der Waals surface area contributed by atoms with Gasteiger partial charge in [0, 0.05) is 42.3 Å². The summed E-state index contributed by atoms with van der Waals surface area (Å²) in [5.41, 5.74) is 3.73. The lowest BCUT2D eigenvalue weighted by atomic mass is 10.0. The molecule has 0 radical (unpaired) electrons. The number of halogens is 1. The molecule has 9 heteroatoms. The molecule has 1 N–H and O–H groups in total. The van der Waals surface area contributed by atoms with Crippen LogP contribution in [0.2, 0.25) is 5.02 Å². The largest absolute Gasteiger partial charge is 0.342 e. The molecule has 30 heavy (non-hydrogen) atoms. The molecular formula is C21H22ClN7O. The van der Waals surface area contributed by atoms with Gasteiger partial charge in [0.2, 0.25) is 5.91 Å². The number of hydrogen-bond acceptors (Lipinski definition) is 5. The molecular weight excluding hydrogens is 402 g/mol. The van der Waals surface area contributed by atoms with Crippen LogP contribution in [0.1, 0.15) is 40.8 Å². The fourth-order valence-corrected chi connectivity index (χ4v) is 3.72. The summed E-state index contributed by atoms with van der Waals surface area (Å²) in [4.78, 5) is 25.9. The summed E-state index contributed by atoms with van der Waals surface area (Å²) in [6, 6.07) is 7.06. The third-order valence-electron chi connectivity index (χ3n) is 5.22. The molecule has 3 aromatic heterocycles. The minimum Gasteiger partial charge on any atom is -0.342 e. The van der Waals surface area contributed by atoms with E-state index in [1.165, 1.54) is 6.33 Å². The highest BCUT2D eigenvalue weighted by Gasteiger charge is 2.21. The first-order valence-corrected chi connectivity index (χ1v) is 9.99. The smallest absolute Gasteiger partial charge is 0.252 e. The van der Waals surface area contributed by atoms with Crippen molar-refractivity contribution in [1.82, 2.24) is 34.4 Å². The zero-order chi connectivity index (χ0) is 21.3. The van der Waals surface area contributed by atoms with Gasteiger partial charge >= 0.3 is 0 Å². The molecule has 1 atom stereocenters. The summed E-state index contributed by atoms with van der Waals surface area (Å²) in [7, 11) is 1.91. The number of aromatic nitrogens is 6. The Balaban J connectivity index is 1.54. The van der Waals surface area contributed by atoms with Crippen molar-refractivity contribution in [2.24, 2.45) is 7.05 Å². The van der Waals surface area contributed by atoms with Crippen molar-refractivity contribution >= 4 is 23.3 Å². The van der Waals surface area contributed by atoms with E-state index in [0.29, 0.717) is 23.6 Å². The van der Waals surface area contributed by atoms with Gasteiger partial charge in [0.1, 0.15) is 18.2 Å². The van der Waals surface area contributed by atoms with E-state index >= 15 is 0 Å². The van der Waals surface area contributed by atoms with E-state index in [1.807, 2.05) is 55.9 Å². The van der Waals surface area contributed by atoms with Crippen LogP contribution in [0.5, 0.6) is 0 Å². The normalized spacial score (nSPS) is 12.3. The van der Waals surface area contributed by atoms with E-state index in [9.17, 15) is 4.79 Å². The van der Waals surface area contributed by atoms with Crippen LogP contribution in [-0.2, 0) is 18.3 Å². The molecule has 0 bridgehead atoms. The zero-order valence-electron chi connectivity index (χ0n) is 17.0. The highest BCUT2D eigenvalue weighted by atomic mass is 35.5. The number of hydrogen-bond donors (Lipinski definition) is 1. The third-order valence-corrected chi connectivity index (χ3v) is 5.47. The lowest BCUT2D eigenvalue weighted by Gasteiger charge is -2.19. The number of carbonyl (C=O) groups is 1. The summed E-state index contributed by atoms with van der Waals surface area (Å²) in [6.07, 6.45) is 5.93. The number of carbonyl (C=O) groups excluding carboxylic acids is 1. The Labute approximate surface area is 178 Å². The van der Waals surface area contributed by atoms with Crippen LogP contribution in [-0.4, -0.2) is 35.0 Å². The molecule has 1 amide bonds. The number of fused-ring (bicyclic) bond motifs is 1. The third kappa shape index (κ3) is 3.91. The highest BCUT2D eigenvalue weighted by Crippen LogP contribution is 2.23. The predicted molar refractivity (Wildman–Crippen MR) is 113 cm³/mol. The van der Waals surface area contributed by atoms with Gasteiger partial charge in [-0.1, -0.05) is 23.7 Å². The van der Waals surface area contributed by atoms with Gasteiger partial charge < -0.3 is 9.88 Å². The van der Waals surface area contributed by atoms with Gasteiger partial charge in [-0.05, 0) is 43.5 Å². The topological polar surface area (TPSA) is 90.0 Å². The first-order chi connectivity index (χ1) is 14.4. The Bertz CT molecular complexity index is 1200. The molecule has 1 aromatic carbocycles. The molecule has 4 rings (SSSR count). The Kier molecular flexibility index (Phi) is 5.50. The molecule has 0 aliphatic heterocycles. The molecule has 1 unspecified atom stereocenters. The molecule has 3 heterocycles. The standard InChI is InChI=1S/C21H22ClN7O/c1-13-17(14(2)29-21(26-13)24-12-25-29)8-9-18(30)27-19(20-23-10-11-28(20)3)15-4-6-16(22)7-5-15/h4-7,10-12,19H,8-9H2,1-3H3,(H,27,30). The van der Waals surface area contributed by atoms with E-state index in [0.717, 1.165) is 28.3 Å². The van der Waals surface area contributed by atoms with Crippen LogP contribution in [0.4, 0.5) is 0 Å². The minimum absolute atomic E-state index is 0.0737. The average molecular weight is 424 g/mol. The second-order valence-electron chi connectivity index (χ2n) is 7.18. The number of aryl methyl sites for hydroxylation is 3. The van der Waals surface area contributed by atoms with Crippen molar-refractivity contribution < 1.29 is 4.79 Å². The molecule has 8 nitrogen and oxygen atoms in total. The number of rotatable bonds is 6. The number of nitrogens with one attached hydrogen (secondary N) is 1. The Hall–Kier alpha value is -3.26. The second-order valence-corrected chi connectivity index (χ2v) is 7.62. The Morgan fingerprint density at radius 1 is 1.20 bits per heavy atom. The number of amides is 1. The summed E-state index contributed by atoms with van der Waals surface area (Å²) in [5.74, 6) is 1.25. The van der Waals surface area contributed by atoms with Crippen molar-refractivity contribution in [1.29, 1.82) is 0 Å². The molecule has 0 saturated carbocycles. The maximum atomic E-state index is 12.9. The quantitative estimate of drug-likeness (QED) is 0.515. The lowest BCUT2D eigenvalue weighted by molar-refractivity contribution is -0.121. The van der Waals surface area contributed by atoms with Gasteiger partial charge in [0.15, 0.2) is 0 Å². The maximum Gasteiger partial charge on any atom is 0.252 e. The van der Waals surface area contributed by atoms with E-state index in [4.69, 9.17) is 11.6 Å². The Morgan fingerprint density at radius 2 is 1.97 bits per heavy atom. The minimum atomic E-state index is -0.368. The second kappa shape index (κ2) is 8.23. The van der Waals surface area contributed by atoms with E-state index in [1.54, 1.807) is 10.7 Å². The van der Waals surface area contributed by atoms with Crippen molar-refractivity contribution in [2.45, 2.75) is 32.7 Å². The molecule has 4 aromatic rings. The van der Waals surface area contributed by atoms with Crippen LogP contribution in [0, 0.1) is 13.8 Å². The van der Waals surface area contributed by atoms with Crippen LogP contribution in [0.15, 0.2) is 43.0 Å². The first-order valence-electron chi connectivity index (χ1n) is 9.62. The van der Waals surface area contributed by atoms with Crippen LogP contribution in [0.25, 0.3) is 5.78 Å². The predicted octanol–water partition coefficient (Wildman–Crippen LogP) is 2.97. The summed E-state index contributed by atoms with van der Waals surface area (Å²) in [5, 5.41) is 7.97. The molecule has 0 fully saturated rings. The molecule has 0 aliphatic carbocycles.